The summed E-state index contributed by atoms with van der Waals surface area (Å²) < 4.78 is 13.4. The number of hydrogen-bond acceptors (Lipinski definition) is 3. The molecule has 0 radical (unpaired) electrons. The van der Waals surface area contributed by atoms with Gasteiger partial charge in [0.15, 0.2) is 5.78 Å². The smallest absolute Gasteiger partial charge is 0.151 e. The Labute approximate surface area is 112 Å². The number of thioether (sulfide) groups is 1. The molecule has 18 heavy (non-hydrogen) atoms. The zero-order valence-electron chi connectivity index (χ0n) is 10.6. The highest BCUT2D eigenvalue weighted by Gasteiger charge is 2.21. The summed E-state index contributed by atoms with van der Waals surface area (Å²) in [6.45, 7) is 3.54. The van der Waals surface area contributed by atoms with E-state index in [1.807, 2.05) is 11.8 Å². The first kappa shape index (κ1) is 13.6. The Hall–Kier alpha value is -0.870. The summed E-state index contributed by atoms with van der Waals surface area (Å²) >= 11 is 1.93. The first-order chi connectivity index (χ1) is 8.66. The quantitative estimate of drug-likeness (QED) is 0.835. The van der Waals surface area contributed by atoms with Crippen LogP contribution < -0.4 is 0 Å². The maximum Gasteiger partial charge on any atom is 0.151 e. The molecule has 0 N–H and O–H groups in total. The zero-order chi connectivity index (χ0) is 13.0. The topological polar surface area (TPSA) is 20.3 Å². The van der Waals surface area contributed by atoms with Crippen molar-refractivity contribution in [3.8, 4) is 0 Å². The average molecular weight is 267 g/mol. The van der Waals surface area contributed by atoms with Crippen LogP contribution in [-0.2, 0) is 11.2 Å². The van der Waals surface area contributed by atoms with Gasteiger partial charge in [0.2, 0.25) is 0 Å². The average Bonchev–Trinajstić information content (AvgIpc) is 2.35. The third-order valence-corrected chi connectivity index (χ3v) is 4.42. The Morgan fingerprint density at radius 1 is 1.50 bits per heavy atom. The van der Waals surface area contributed by atoms with Gasteiger partial charge in [-0.3, -0.25) is 9.69 Å². The predicted molar refractivity (Wildman–Crippen MR) is 73.5 cm³/mol. The van der Waals surface area contributed by atoms with Crippen molar-refractivity contribution in [1.82, 2.24) is 4.90 Å². The lowest BCUT2D eigenvalue weighted by atomic mass is 10.1. The highest BCUT2D eigenvalue weighted by atomic mass is 32.2. The highest BCUT2D eigenvalue weighted by Crippen LogP contribution is 2.16. The molecular weight excluding hydrogens is 249 g/mol. The number of nitrogens with zero attached hydrogens (tertiary/aromatic N) is 1. The molecule has 1 heterocycles. The highest BCUT2D eigenvalue weighted by molar-refractivity contribution is 7.99. The van der Waals surface area contributed by atoms with Crippen molar-refractivity contribution in [3.63, 3.8) is 0 Å². The normalized spacial score (nSPS) is 20.9. The third kappa shape index (κ3) is 3.56. The van der Waals surface area contributed by atoms with Gasteiger partial charge in [-0.1, -0.05) is 18.2 Å². The van der Waals surface area contributed by atoms with Crippen molar-refractivity contribution in [1.29, 1.82) is 0 Å². The first-order valence-corrected chi connectivity index (χ1v) is 7.39. The van der Waals surface area contributed by atoms with Gasteiger partial charge >= 0.3 is 0 Å². The van der Waals surface area contributed by atoms with Crippen LogP contribution in [0.2, 0.25) is 0 Å². The molecule has 0 spiro atoms. The van der Waals surface area contributed by atoms with Crippen LogP contribution in [0.5, 0.6) is 0 Å². The summed E-state index contributed by atoms with van der Waals surface area (Å²) in [6, 6.07) is 6.94. The Bertz CT molecular complexity index is 424. The Morgan fingerprint density at radius 2 is 2.28 bits per heavy atom. The van der Waals surface area contributed by atoms with Crippen molar-refractivity contribution in [2.75, 3.05) is 24.6 Å². The standard InChI is InChI=1S/C14H18FNOS/c1-11-10-18-7-6-16(11)9-13(17)8-12-4-2-3-5-14(12)15/h2-5,11H,6-10H2,1H3. The minimum absolute atomic E-state index is 0.0962. The van der Waals surface area contributed by atoms with Gasteiger partial charge < -0.3 is 0 Å². The molecule has 0 bridgehead atoms. The molecule has 1 aromatic carbocycles. The van der Waals surface area contributed by atoms with Crippen LogP contribution in [0.3, 0.4) is 0 Å². The SMILES string of the molecule is CC1CSCCN1CC(=O)Cc1ccccc1F. The van der Waals surface area contributed by atoms with Gasteiger partial charge in [0.1, 0.15) is 5.82 Å². The van der Waals surface area contributed by atoms with E-state index in [4.69, 9.17) is 0 Å². The fourth-order valence-electron chi connectivity index (χ4n) is 2.13. The molecule has 1 aliphatic rings. The number of benzene rings is 1. The van der Waals surface area contributed by atoms with Crippen LogP contribution >= 0.6 is 11.8 Å². The van der Waals surface area contributed by atoms with E-state index >= 15 is 0 Å². The number of halogens is 1. The van der Waals surface area contributed by atoms with Crippen molar-refractivity contribution in [2.24, 2.45) is 0 Å². The Balaban J connectivity index is 1.90. The van der Waals surface area contributed by atoms with Crippen LogP contribution in [0.25, 0.3) is 0 Å². The lowest BCUT2D eigenvalue weighted by Gasteiger charge is -2.32. The summed E-state index contributed by atoms with van der Waals surface area (Å²) in [7, 11) is 0. The fraction of sp³-hybridized carbons (Fsp3) is 0.500. The van der Waals surface area contributed by atoms with Crippen LogP contribution in [0.4, 0.5) is 4.39 Å². The van der Waals surface area contributed by atoms with Crippen LogP contribution in [0.15, 0.2) is 24.3 Å². The summed E-state index contributed by atoms with van der Waals surface area (Å²) in [5.41, 5.74) is 0.501. The van der Waals surface area contributed by atoms with Gasteiger partial charge in [0.25, 0.3) is 0 Å². The zero-order valence-corrected chi connectivity index (χ0v) is 11.4. The van der Waals surface area contributed by atoms with Crippen LogP contribution in [-0.4, -0.2) is 41.3 Å². The van der Waals surface area contributed by atoms with Gasteiger partial charge in [-0.2, -0.15) is 11.8 Å². The molecular formula is C14H18FNOS. The van der Waals surface area contributed by atoms with Gasteiger partial charge in [-0.05, 0) is 18.6 Å². The molecule has 1 aromatic rings. The molecule has 98 valence electrons. The van der Waals surface area contributed by atoms with Gasteiger partial charge in [-0.15, -0.1) is 0 Å². The first-order valence-electron chi connectivity index (χ1n) is 6.23. The van der Waals surface area contributed by atoms with E-state index in [-0.39, 0.29) is 18.0 Å². The Kier molecular flexibility index (Phi) is 4.78. The second-order valence-corrected chi connectivity index (χ2v) is 5.85. The molecule has 2 rings (SSSR count). The summed E-state index contributed by atoms with van der Waals surface area (Å²) in [4.78, 5) is 14.2. The molecule has 1 saturated heterocycles. The second-order valence-electron chi connectivity index (χ2n) is 4.70. The van der Waals surface area contributed by atoms with E-state index in [0.717, 1.165) is 18.1 Å². The molecule has 1 fully saturated rings. The Morgan fingerprint density at radius 3 is 3.00 bits per heavy atom. The van der Waals surface area contributed by atoms with E-state index in [1.165, 1.54) is 6.07 Å². The minimum atomic E-state index is -0.284. The molecule has 4 heteroatoms. The number of carbonyl (C=O) groups is 1. The molecule has 1 atom stereocenters. The molecule has 1 unspecified atom stereocenters. The maximum atomic E-state index is 13.4. The molecule has 2 nitrogen and oxygen atoms in total. The predicted octanol–water partition coefficient (Wildman–Crippen LogP) is 2.37. The largest absolute Gasteiger partial charge is 0.298 e. The molecule has 1 aliphatic heterocycles. The van der Waals surface area contributed by atoms with Gasteiger partial charge in [0, 0.05) is 30.5 Å². The van der Waals surface area contributed by atoms with Crippen molar-refractivity contribution in [3.05, 3.63) is 35.6 Å². The lowest BCUT2D eigenvalue weighted by Crippen LogP contribution is -2.43. The molecule has 0 aromatic heterocycles. The van der Waals surface area contributed by atoms with Gasteiger partial charge in [0.05, 0.1) is 6.54 Å². The van der Waals surface area contributed by atoms with E-state index in [1.54, 1.807) is 18.2 Å². The van der Waals surface area contributed by atoms with Crippen molar-refractivity contribution < 1.29 is 9.18 Å². The molecule has 0 aliphatic carbocycles. The summed E-state index contributed by atoms with van der Waals surface area (Å²) in [5.74, 6) is 1.97. The third-order valence-electron chi connectivity index (χ3n) is 3.23. The van der Waals surface area contributed by atoms with Gasteiger partial charge in [-0.25, -0.2) is 4.39 Å². The lowest BCUT2D eigenvalue weighted by molar-refractivity contribution is -0.120. The number of rotatable bonds is 4. The van der Waals surface area contributed by atoms with Crippen LogP contribution in [0, 0.1) is 5.82 Å². The van der Waals surface area contributed by atoms with E-state index in [0.29, 0.717) is 18.2 Å². The molecule has 0 amide bonds. The maximum absolute atomic E-state index is 13.4. The second kappa shape index (κ2) is 6.34. The van der Waals surface area contributed by atoms with Crippen molar-refractivity contribution in [2.45, 2.75) is 19.4 Å². The number of carbonyl (C=O) groups excluding carboxylic acids is 1. The molecule has 0 saturated carbocycles. The minimum Gasteiger partial charge on any atom is -0.298 e. The van der Waals surface area contributed by atoms with Crippen LogP contribution in [0.1, 0.15) is 12.5 Å². The van der Waals surface area contributed by atoms with Crippen molar-refractivity contribution >= 4 is 17.5 Å². The number of Topliss-reactive ketones (excluding diaryl/α,β-unsaturated/α-hetero) is 1. The monoisotopic (exact) mass is 267 g/mol. The summed E-state index contributed by atoms with van der Waals surface area (Å²) in [5, 5.41) is 0. The number of ketones is 1. The van der Waals surface area contributed by atoms with E-state index in [2.05, 4.69) is 11.8 Å². The van der Waals surface area contributed by atoms with E-state index in [9.17, 15) is 9.18 Å². The summed E-state index contributed by atoms with van der Waals surface area (Å²) in [6.07, 6.45) is 0.197. The van der Waals surface area contributed by atoms with E-state index < -0.39 is 0 Å². The number of hydrogen-bond donors (Lipinski definition) is 0. The fourth-order valence-corrected chi connectivity index (χ4v) is 3.22.